The summed E-state index contributed by atoms with van der Waals surface area (Å²) < 4.78 is 7.39. The van der Waals surface area contributed by atoms with Gasteiger partial charge < -0.3 is 9.73 Å². The van der Waals surface area contributed by atoms with Crippen LogP contribution in [-0.4, -0.2) is 30.7 Å². The van der Waals surface area contributed by atoms with Crippen molar-refractivity contribution in [3.63, 3.8) is 0 Å². The van der Waals surface area contributed by atoms with Crippen LogP contribution >= 0.6 is 11.8 Å². The molecule has 4 rings (SSSR count). The van der Waals surface area contributed by atoms with Gasteiger partial charge in [0.1, 0.15) is 5.52 Å². The number of thioether (sulfide) groups is 1. The molecule has 1 atom stereocenters. The summed E-state index contributed by atoms with van der Waals surface area (Å²) in [4.78, 5) is 21.3. The van der Waals surface area contributed by atoms with Crippen LogP contribution in [0.5, 0.6) is 0 Å². The number of nitrogens with zero attached hydrogens (tertiary/aromatic N) is 4. The molecule has 0 aliphatic carbocycles. The summed E-state index contributed by atoms with van der Waals surface area (Å²) >= 11 is 1.34. The van der Waals surface area contributed by atoms with E-state index in [2.05, 4.69) is 20.4 Å². The van der Waals surface area contributed by atoms with E-state index in [0.29, 0.717) is 18.2 Å². The summed E-state index contributed by atoms with van der Waals surface area (Å²) in [5.74, 6) is -0.0602. The van der Waals surface area contributed by atoms with Gasteiger partial charge in [0.25, 0.3) is 5.22 Å². The fraction of sp³-hybridized carbons (Fsp3) is 0.222. The van der Waals surface area contributed by atoms with Crippen LogP contribution in [0.25, 0.3) is 16.7 Å². The molecular weight excluding hydrogens is 350 g/mol. The first-order valence-electron chi connectivity index (χ1n) is 8.32. The molecule has 1 amide bonds. The number of amides is 1. The largest absolute Gasteiger partial charge is 0.431 e. The second-order valence-corrected chi connectivity index (χ2v) is 6.89. The zero-order chi connectivity index (χ0) is 17.9. The molecule has 1 aromatic carbocycles. The van der Waals surface area contributed by atoms with E-state index in [0.717, 1.165) is 22.3 Å². The Morgan fingerprint density at radius 2 is 2.23 bits per heavy atom. The Balaban J connectivity index is 1.43. The lowest BCUT2D eigenvalue weighted by Crippen LogP contribution is -2.31. The van der Waals surface area contributed by atoms with Crippen molar-refractivity contribution in [3.05, 3.63) is 54.5 Å². The molecule has 3 heterocycles. The van der Waals surface area contributed by atoms with Crippen LogP contribution in [0.3, 0.4) is 0 Å². The second kappa shape index (κ2) is 7.17. The number of fused-ring (bicyclic) bond motifs is 2. The second-order valence-electron chi connectivity index (χ2n) is 5.74. The third-order valence-electron chi connectivity index (χ3n) is 3.99. The van der Waals surface area contributed by atoms with Crippen LogP contribution in [0.1, 0.15) is 18.9 Å². The Labute approximate surface area is 153 Å². The minimum Gasteiger partial charge on any atom is -0.431 e. The number of hydrogen-bond acceptors (Lipinski definition) is 6. The van der Waals surface area contributed by atoms with Crippen molar-refractivity contribution in [2.75, 3.05) is 0 Å². The number of hydrogen-bond donors (Lipinski definition) is 1. The first kappa shape index (κ1) is 16.6. The first-order chi connectivity index (χ1) is 12.7. The lowest BCUT2D eigenvalue weighted by Gasteiger charge is -2.12. The number of carbonyl (C=O) groups is 1. The number of para-hydroxylation sites is 2. The average molecular weight is 367 g/mol. The lowest BCUT2D eigenvalue weighted by atomic mass is 10.3. The maximum atomic E-state index is 12.6. The maximum absolute atomic E-state index is 12.6. The van der Waals surface area contributed by atoms with E-state index in [4.69, 9.17) is 4.42 Å². The zero-order valence-corrected chi connectivity index (χ0v) is 14.9. The van der Waals surface area contributed by atoms with Gasteiger partial charge in [0.15, 0.2) is 11.2 Å². The van der Waals surface area contributed by atoms with Gasteiger partial charge in [-0.2, -0.15) is 5.10 Å². The van der Waals surface area contributed by atoms with Crippen molar-refractivity contribution >= 4 is 34.4 Å². The molecule has 7 nitrogen and oxygen atoms in total. The molecule has 1 N–H and O–H groups in total. The Kier molecular flexibility index (Phi) is 4.57. The average Bonchev–Trinajstić information content (AvgIpc) is 3.27. The van der Waals surface area contributed by atoms with E-state index in [1.165, 1.54) is 11.8 Å². The van der Waals surface area contributed by atoms with Crippen LogP contribution < -0.4 is 5.32 Å². The highest BCUT2D eigenvalue weighted by Gasteiger charge is 2.21. The molecule has 0 saturated carbocycles. The van der Waals surface area contributed by atoms with Gasteiger partial charge in [-0.25, -0.2) is 14.5 Å². The van der Waals surface area contributed by atoms with Crippen LogP contribution in [0.2, 0.25) is 0 Å². The molecule has 3 aromatic heterocycles. The van der Waals surface area contributed by atoms with Gasteiger partial charge in [0, 0.05) is 24.5 Å². The van der Waals surface area contributed by atoms with Gasteiger partial charge in [-0.3, -0.25) is 4.79 Å². The molecule has 0 fully saturated rings. The van der Waals surface area contributed by atoms with Crippen molar-refractivity contribution in [1.29, 1.82) is 0 Å². The Hall–Kier alpha value is -2.87. The maximum Gasteiger partial charge on any atom is 0.257 e. The molecular formula is C18H17N5O2S. The summed E-state index contributed by atoms with van der Waals surface area (Å²) in [5.41, 5.74) is 3.14. The van der Waals surface area contributed by atoms with Gasteiger partial charge >= 0.3 is 0 Å². The highest BCUT2D eigenvalue weighted by molar-refractivity contribution is 8.00. The van der Waals surface area contributed by atoms with Gasteiger partial charge in [0.2, 0.25) is 5.91 Å². The normalized spacial score (nSPS) is 12.5. The molecule has 8 heteroatoms. The molecule has 0 spiro atoms. The van der Waals surface area contributed by atoms with Crippen LogP contribution in [0, 0.1) is 0 Å². The summed E-state index contributed by atoms with van der Waals surface area (Å²) in [6, 6.07) is 9.38. The molecule has 0 bridgehead atoms. The fourth-order valence-electron chi connectivity index (χ4n) is 2.64. The topological polar surface area (TPSA) is 85.3 Å². The minimum absolute atomic E-state index is 0.0602. The van der Waals surface area contributed by atoms with Crippen molar-refractivity contribution in [1.82, 2.24) is 24.9 Å². The third kappa shape index (κ3) is 3.28. The van der Waals surface area contributed by atoms with E-state index in [1.54, 1.807) is 16.9 Å². The number of aromatic nitrogens is 4. The zero-order valence-electron chi connectivity index (χ0n) is 14.1. The van der Waals surface area contributed by atoms with E-state index >= 15 is 0 Å². The summed E-state index contributed by atoms with van der Waals surface area (Å²) in [6.07, 6.45) is 5.92. The van der Waals surface area contributed by atoms with Crippen LogP contribution in [-0.2, 0) is 11.3 Å². The highest BCUT2D eigenvalue weighted by atomic mass is 32.2. The molecule has 26 heavy (non-hydrogen) atoms. The van der Waals surface area contributed by atoms with Gasteiger partial charge in [0.05, 0.1) is 11.4 Å². The molecule has 4 aromatic rings. The smallest absolute Gasteiger partial charge is 0.257 e. The van der Waals surface area contributed by atoms with Crippen molar-refractivity contribution in [2.45, 2.75) is 30.4 Å². The number of carbonyl (C=O) groups excluding carboxylic acids is 1. The lowest BCUT2D eigenvalue weighted by molar-refractivity contribution is -0.120. The van der Waals surface area contributed by atoms with Gasteiger partial charge in [-0.15, -0.1) is 0 Å². The predicted octanol–water partition coefficient (Wildman–Crippen LogP) is 3.06. The van der Waals surface area contributed by atoms with Gasteiger partial charge in [-0.05, 0) is 24.6 Å². The summed E-state index contributed by atoms with van der Waals surface area (Å²) in [5, 5.41) is 7.41. The standard InChI is InChI=1S/C18H17N5O2S/c1-2-15(26-18-22-13-6-3-4-7-14(13)25-18)17(24)20-10-12-11-21-23-9-5-8-19-16(12)23/h3-9,11,15H,2,10H2,1H3,(H,20,24)/t15-/m0/s1. The predicted molar refractivity (Wildman–Crippen MR) is 98.8 cm³/mol. The SMILES string of the molecule is CC[C@H](Sc1nc2ccccc2o1)C(=O)NCc1cnn2cccnc12. The van der Waals surface area contributed by atoms with E-state index in [9.17, 15) is 4.79 Å². The number of rotatable bonds is 6. The molecule has 0 radical (unpaired) electrons. The number of benzene rings is 1. The van der Waals surface area contributed by atoms with E-state index in [1.807, 2.05) is 43.5 Å². The first-order valence-corrected chi connectivity index (χ1v) is 9.19. The quantitative estimate of drug-likeness (QED) is 0.527. The third-order valence-corrected chi connectivity index (χ3v) is 5.19. The van der Waals surface area contributed by atoms with E-state index in [-0.39, 0.29) is 11.2 Å². The molecule has 0 aliphatic rings. The number of oxazole rings is 1. The van der Waals surface area contributed by atoms with Crippen molar-refractivity contribution in [2.24, 2.45) is 0 Å². The van der Waals surface area contributed by atoms with Crippen LogP contribution in [0.4, 0.5) is 0 Å². The summed E-state index contributed by atoms with van der Waals surface area (Å²) in [6.45, 7) is 2.35. The van der Waals surface area contributed by atoms with Crippen LogP contribution in [0.15, 0.2) is 58.6 Å². The van der Waals surface area contributed by atoms with Crippen molar-refractivity contribution in [3.8, 4) is 0 Å². The number of nitrogens with one attached hydrogen (secondary N) is 1. The molecule has 0 saturated heterocycles. The molecule has 132 valence electrons. The minimum atomic E-state index is -0.280. The fourth-order valence-corrected chi connectivity index (χ4v) is 3.53. The molecule has 0 aliphatic heterocycles. The van der Waals surface area contributed by atoms with Gasteiger partial charge in [-0.1, -0.05) is 30.8 Å². The highest BCUT2D eigenvalue weighted by Crippen LogP contribution is 2.28. The molecule has 0 unspecified atom stereocenters. The summed E-state index contributed by atoms with van der Waals surface area (Å²) in [7, 11) is 0. The monoisotopic (exact) mass is 367 g/mol. The Bertz CT molecular complexity index is 1020. The Morgan fingerprint density at radius 3 is 3.08 bits per heavy atom. The van der Waals surface area contributed by atoms with Crippen molar-refractivity contribution < 1.29 is 9.21 Å². The van der Waals surface area contributed by atoms with E-state index < -0.39 is 0 Å². The Morgan fingerprint density at radius 1 is 1.35 bits per heavy atom.